The molecule has 1 amide bonds. The van der Waals surface area contributed by atoms with Crippen molar-refractivity contribution in [2.75, 3.05) is 13.1 Å². The van der Waals surface area contributed by atoms with Gasteiger partial charge in [0.1, 0.15) is 17.0 Å². The van der Waals surface area contributed by atoms with Crippen molar-refractivity contribution < 1.29 is 14.3 Å². The summed E-state index contributed by atoms with van der Waals surface area (Å²) >= 11 is 0. The number of H-pyrrole nitrogens is 1. The van der Waals surface area contributed by atoms with Crippen molar-refractivity contribution in [3.63, 3.8) is 0 Å². The molecule has 1 aliphatic rings. The highest BCUT2D eigenvalue weighted by Gasteiger charge is 2.30. The van der Waals surface area contributed by atoms with Crippen LogP contribution in [0.25, 0.3) is 11.4 Å². The number of hydrogen-bond acceptors (Lipinski definition) is 6. The molecule has 2 aromatic heterocycles. The topological polar surface area (TPSA) is 98.2 Å². The van der Waals surface area contributed by atoms with E-state index in [4.69, 9.17) is 9.47 Å². The summed E-state index contributed by atoms with van der Waals surface area (Å²) < 4.78 is 13.1. The number of aromatic amines is 1. The maximum atomic E-state index is 12.1. The largest absolute Gasteiger partial charge is 0.444 e. The Bertz CT molecular complexity index is 732. The Labute approximate surface area is 146 Å². The molecule has 1 saturated heterocycles. The number of ether oxygens (including phenoxy) is 2. The molecule has 2 aromatic rings. The Balaban J connectivity index is 1.55. The number of likely N-dealkylation sites (tertiary alicyclic amines) is 1. The average Bonchev–Trinajstić information content (AvgIpc) is 3.23. The summed E-state index contributed by atoms with van der Waals surface area (Å²) in [6.45, 7) is 7.06. The summed E-state index contributed by atoms with van der Waals surface area (Å²) in [4.78, 5) is 13.8. The molecule has 0 aliphatic carbocycles. The minimum Gasteiger partial charge on any atom is -0.444 e. The minimum atomic E-state index is -0.491. The van der Waals surface area contributed by atoms with Crippen LogP contribution in [0.4, 0.5) is 4.79 Å². The Morgan fingerprint density at radius 2 is 2.20 bits per heavy atom. The molecule has 9 heteroatoms. The summed E-state index contributed by atoms with van der Waals surface area (Å²) in [6, 6.07) is 1.88. The number of aryl methyl sites for hydroxylation is 1. The number of nitrogens with one attached hydrogen (secondary N) is 1. The lowest BCUT2D eigenvalue weighted by Crippen LogP contribution is -2.36. The van der Waals surface area contributed by atoms with Gasteiger partial charge in [-0.3, -0.25) is 4.68 Å². The van der Waals surface area contributed by atoms with E-state index in [2.05, 4.69) is 20.5 Å². The van der Waals surface area contributed by atoms with E-state index in [0.717, 1.165) is 23.5 Å². The second-order valence-corrected chi connectivity index (χ2v) is 7.11. The molecular weight excluding hydrogens is 324 g/mol. The molecule has 0 aromatic carbocycles. The van der Waals surface area contributed by atoms with Crippen LogP contribution >= 0.6 is 0 Å². The van der Waals surface area contributed by atoms with E-state index in [0.29, 0.717) is 19.7 Å². The highest BCUT2D eigenvalue weighted by atomic mass is 16.6. The van der Waals surface area contributed by atoms with E-state index in [9.17, 15) is 4.79 Å². The fourth-order valence-electron chi connectivity index (χ4n) is 2.72. The molecule has 0 saturated carbocycles. The second kappa shape index (κ2) is 6.83. The normalized spacial score (nSPS) is 17.9. The summed E-state index contributed by atoms with van der Waals surface area (Å²) in [6.07, 6.45) is 2.15. The van der Waals surface area contributed by atoms with Crippen molar-refractivity contribution in [3.05, 3.63) is 18.0 Å². The fraction of sp³-hybridized carbons (Fsp3) is 0.625. The maximum absolute atomic E-state index is 12.1. The van der Waals surface area contributed by atoms with Gasteiger partial charge in [-0.2, -0.15) is 20.5 Å². The van der Waals surface area contributed by atoms with E-state index in [1.54, 1.807) is 15.8 Å². The molecule has 0 bridgehead atoms. The number of nitrogens with zero attached hydrogens (tertiary/aromatic N) is 5. The third-order valence-corrected chi connectivity index (χ3v) is 3.94. The van der Waals surface area contributed by atoms with Crippen LogP contribution in [-0.2, 0) is 23.1 Å². The smallest absolute Gasteiger partial charge is 0.410 e. The van der Waals surface area contributed by atoms with Gasteiger partial charge in [-0.15, -0.1) is 0 Å². The first-order valence-electron chi connectivity index (χ1n) is 8.31. The van der Waals surface area contributed by atoms with Gasteiger partial charge in [0.25, 0.3) is 0 Å². The summed E-state index contributed by atoms with van der Waals surface area (Å²) in [5.74, 6) is 0. The van der Waals surface area contributed by atoms with Crippen LogP contribution < -0.4 is 0 Å². The minimum absolute atomic E-state index is 0.0383. The number of carbonyl (C=O) groups is 1. The van der Waals surface area contributed by atoms with Gasteiger partial charge in [-0.05, 0) is 33.3 Å². The first kappa shape index (κ1) is 17.4. The number of amides is 1. The molecule has 0 radical (unpaired) electrons. The van der Waals surface area contributed by atoms with Crippen molar-refractivity contribution in [3.8, 4) is 11.4 Å². The number of hydrogen-bond donors (Lipinski definition) is 1. The lowest BCUT2D eigenvalue weighted by Gasteiger charge is -2.24. The fourth-order valence-corrected chi connectivity index (χ4v) is 2.72. The van der Waals surface area contributed by atoms with Crippen molar-refractivity contribution in [1.82, 2.24) is 30.1 Å². The zero-order valence-corrected chi connectivity index (χ0v) is 15.0. The van der Waals surface area contributed by atoms with E-state index in [-0.39, 0.29) is 12.2 Å². The summed E-state index contributed by atoms with van der Waals surface area (Å²) in [5, 5.41) is 15.1. The van der Waals surface area contributed by atoms with Crippen molar-refractivity contribution in [2.45, 2.75) is 45.5 Å². The van der Waals surface area contributed by atoms with Crippen LogP contribution in [0.2, 0.25) is 0 Å². The van der Waals surface area contributed by atoms with Crippen molar-refractivity contribution in [1.29, 1.82) is 0 Å². The zero-order valence-electron chi connectivity index (χ0n) is 15.0. The predicted molar refractivity (Wildman–Crippen MR) is 89.6 cm³/mol. The Hall–Kier alpha value is -2.42. The number of aromatic nitrogens is 5. The van der Waals surface area contributed by atoms with Crippen LogP contribution in [0.1, 0.15) is 32.9 Å². The maximum Gasteiger partial charge on any atom is 0.410 e. The monoisotopic (exact) mass is 348 g/mol. The molecule has 3 rings (SSSR count). The molecular formula is C16H24N6O3. The van der Waals surface area contributed by atoms with Gasteiger partial charge in [-0.25, -0.2) is 4.79 Å². The molecule has 1 N–H and O–H groups in total. The van der Waals surface area contributed by atoms with Crippen LogP contribution in [0.3, 0.4) is 0 Å². The molecule has 0 spiro atoms. The first-order chi connectivity index (χ1) is 11.8. The number of carbonyl (C=O) groups excluding carboxylic acids is 1. The van der Waals surface area contributed by atoms with Crippen molar-refractivity contribution >= 4 is 6.09 Å². The lowest BCUT2D eigenvalue weighted by molar-refractivity contribution is 0.0180. The average molecular weight is 348 g/mol. The molecule has 1 unspecified atom stereocenters. The molecule has 1 fully saturated rings. The highest BCUT2D eigenvalue weighted by Crippen LogP contribution is 2.22. The first-order valence-corrected chi connectivity index (χ1v) is 8.31. The van der Waals surface area contributed by atoms with E-state index >= 15 is 0 Å². The number of rotatable bonds is 4. The van der Waals surface area contributed by atoms with Crippen LogP contribution in [0.15, 0.2) is 12.3 Å². The predicted octanol–water partition coefficient (Wildman–Crippen LogP) is 1.73. The van der Waals surface area contributed by atoms with E-state index in [1.807, 2.05) is 33.9 Å². The Morgan fingerprint density at radius 1 is 1.40 bits per heavy atom. The molecule has 25 heavy (non-hydrogen) atoms. The van der Waals surface area contributed by atoms with Crippen LogP contribution in [0.5, 0.6) is 0 Å². The van der Waals surface area contributed by atoms with Crippen LogP contribution in [-0.4, -0.2) is 61.0 Å². The van der Waals surface area contributed by atoms with Gasteiger partial charge in [0.05, 0.1) is 24.9 Å². The standard InChI is InChI=1S/C16H24N6O3/c1-16(2,3)25-15(23)22-8-6-11(9-22)24-10-12-14(19-20-18-12)13-5-7-17-21(13)4/h5,7,11H,6,8-10H2,1-4H3,(H,18,19,20). The van der Waals surface area contributed by atoms with Gasteiger partial charge < -0.3 is 14.4 Å². The van der Waals surface area contributed by atoms with Crippen LogP contribution in [0, 0.1) is 0 Å². The third kappa shape index (κ3) is 4.16. The molecule has 9 nitrogen and oxygen atoms in total. The Kier molecular flexibility index (Phi) is 4.76. The Morgan fingerprint density at radius 3 is 2.88 bits per heavy atom. The van der Waals surface area contributed by atoms with Gasteiger partial charge in [0, 0.05) is 19.8 Å². The zero-order chi connectivity index (χ0) is 18.0. The highest BCUT2D eigenvalue weighted by molar-refractivity contribution is 5.68. The molecule has 136 valence electrons. The van der Waals surface area contributed by atoms with Gasteiger partial charge in [-0.1, -0.05) is 0 Å². The second-order valence-electron chi connectivity index (χ2n) is 7.11. The van der Waals surface area contributed by atoms with Crippen molar-refractivity contribution in [2.24, 2.45) is 7.05 Å². The SMILES string of the molecule is Cn1nccc1-c1n[nH]nc1COC1CCN(C(=O)OC(C)(C)C)C1. The molecule has 1 aliphatic heterocycles. The summed E-state index contributed by atoms with van der Waals surface area (Å²) in [7, 11) is 1.85. The van der Waals surface area contributed by atoms with Gasteiger partial charge in [0.15, 0.2) is 0 Å². The molecule has 3 heterocycles. The quantitative estimate of drug-likeness (QED) is 0.903. The lowest BCUT2D eigenvalue weighted by atomic mass is 10.2. The summed E-state index contributed by atoms with van der Waals surface area (Å²) in [5.41, 5.74) is 1.82. The van der Waals surface area contributed by atoms with E-state index < -0.39 is 5.60 Å². The molecule has 1 atom stereocenters. The van der Waals surface area contributed by atoms with E-state index in [1.165, 1.54) is 0 Å². The van der Waals surface area contributed by atoms with Gasteiger partial charge >= 0.3 is 6.09 Å². The third-order valence-electron chi connectivity index (χ3n) is 3.94. The van der Waals surface area contributed by atoms with Gasteiger partial charge in [0.2, 0.25) is 0 Å².